The van der Waals surface area contributed by atoms with Crippen LogP contribution in [0, 0.1) is 5.82 Å². The largest absolute Gasteiger partial charge is 0.439 e. The maximum Gasteiger partial charge on any atom is 0.241 e. The van der Waals surface area contributed by atoms with E-state index in [1.165, 1.54) is 30.5 Å². The molecule has 0 aliphatic carbocycles. The first-order chi connectivity index (χ1) is 11.1. The fraction of sp³-hybridized carbons (Fsp3) is 0.250. The van der Waals surface area contributed by atoms with E-state index in [-0.39, 0.29) is 36.5 Å². The number of rotatable bonds is 7. The van der Waals surface area contributed by atoms with E-state index in [1.807, 2.05) is 6.26 Å². The summed E-state index contributed by atoms with van der Waals surface area (Å²) in [6, 6.07) is 8.38. The minimum atomic E-state index is -0.544. The Morgan fingerprint density at radius 2 is 1.96 bits per heavy atom. The van der Waals surface area contributed by atoms with Gasteiger partial charge in [0.2, 0.25) is 11.8 Å². The first-order valence-electron chi connectivity index (χ1n) is 7.03. The summed E-state index contributed by atoms with van der Waals surface area (Å²) in [7, 11) is 0. The van der Waals surface area contributed by atoms with E-state index in [0.717, 1.165) is 5.75 Å². The molecule has 2 rings (SSSR count). The normalized spacial score (nSPS) is 10.8. The van der Waals surface area contributed by atoms with Gasteiger partial charge < -0.3 is 15.8 Å². The third-order valence-corrected chi connectivity index (χ3v) is 3.65. The van der Waals surface area contributed by atoms with Gasteiger partial charge in [-0.25, -0.2) is 9.37 Å². The van der Waals surface area contributed by atoms with Gasteiger partial charge >= 0.3 is 0 Å². The Labute approximate surface area is 162 Å². The van der Waals surface area contributed by atoms with Gasteiger partial charge in [-0.3, -0.25) is 4.79 Å². The van der Waals surface area contributed by atoms with Gasteiger partial charge in [0.25, 0.3) is 0 Å². The van der Waals surface area contributed by atoms with Crippen molar-refractivity contribution in [2.75, 3.05) is 17.3 Å². The van der Waals surface area contributed by atoms with E-state index < -0.39 is 6.04 Å². The molecule has 1 aromatic heterocycles. The highest BCUT2D eigenvalue weighted by atomic mass is 35.5. The molecule has 25 heavy (non-hydrogen) atoms. The summed E-state index contributed by atoms with van der Waals surface area (Å²) >= 11 is 1.65. The summed E-state index contributed by atoms with van der Waals surface area (Å²) in [5.74, 6) is 1.09. The number of nitrogens with two attached hydrogens (primary N) is 1. The van der Waals surface area contributed by atoms with Crippen molar-refractivity contribution in [1.29, 1.82) is 0 Å². The number of thioether (sulfide) groups is 1. The van der Waals surface area contributed by atoms with Crippen LogP contribution in [0.4, 0.5) is 10.1 Å². The van der Waals surface area contributed by atoms with Crippen molar-refractivity contribution in [3.05, 3.63) is 48.4 Å². The number of hydrogen-bond donors (Lipinski definition) is 2. The van der Waals surface area contributed by atoms with Crippen LogP contribution >= 0.6 is 36.6 Å². The average Bonchev–Trinajstić information content (AvgIpc) is 2.56. The summed E-state index contributed by atoms with van der Waals surface area (Å²) < 4.78 is 18.3. The van der Waals surface area contributed by atoms with E-state index in [1.54, 1.807) is 23.9 Å². The molecule has 0 aliphatic heterocycles. The lowest BCUT2D eigenvalue weighted by atomic mass is 10.2. The zero-order valence-electron chi connectivity index (χ0n) is 13.5. The molecule has 1 heterocycles. The van der Waals surface area contributed by atoms with Crippen molar-refractivity contribution in [3.63, 3.8) is 0 Å². The first-order valence-corrected chi connectivity index (χ1v) is 8.42. The Kier molecular flexibility index (Phi) is 11.2. The Morgan fingerprint density at radius 3 is 2.52 bits per heavy atom. The monoisotopic (exact) mass is 407 g/mol. The predicted octanol–water partition coefficient (Wildman–Crippen LogP) is 3.88. The molecule has 0 fully saturated rings. The lowest BCUT2D eigenvalue weighted by Crippen LogP contribution is -2.36. The summed E-state index contributed by atoms with van der Waals surface area (Å²) in [5, 5.41) is 2.71. The molecule has 1 amide bonds. The van der Waals surface area contributed by atoms with E-state index in [4.69, 9.17) is 10.5 Å². The molecular formula is C16H20Cl2FN3O2S. The third kappa shape index (κ3) is 7.92. The topological polar surface area (TPSA) is 77.2 Å². The highest BCUT2D eigenvalue weighted by molar-refractivity contribution is 7.98. The zero-order chi connectivity index (χ0) is 16.7. The summed E-state index contributed by atoms with van der Waals surface area (Å²) in [6.45, 7) is 0. The van der Waals surface area contributed by atoms with Crippen molar-refractivity contribution in [1.82, 2.24) is 4.98 Å². The zero-order valence-corrected chi connectivity index (χ0v) is 15.9. The second-order valence-corrected chi connectivity index (χ2v) is 5.80. The number of amides is 1. The van der Waals surface area contributed by atoms with Gasteiger partial charge in [-0.05, 0) is 48.8 Å². The van der Waals surface area contributed by atoms with E-state index in [2.05, 4.69) is 10.3 Å². The number of aromatic nitrogens is 1. The number of ether oxygens (including phenoxy) is 1. The van der Waals surface area contributed by atoms with Gasteiger partial charge in [-0.2, -0.15) is 11.8 Å². The van der Waals surface area contributed by atoms with Crippen molar-refractivity contribution >= 4 is 48.2 Å². The van der Waals surface area contributed by atoms with Crippen LogP contribution in [-0.2, 0) is 4.79 Å². The van der Waals surface area contributed by atoms with E-state index in [9.17, 15) is 9.18 Å². The lowest BCUT2D eigenvalue weighted by molar-refractivity contribution is -0.117. The molecule has 0 spiro atoms. The second-order valence-electron chi connectivity index (χ2n) is 4.82. The van der Waals surface area contributed by atoms with Crippen molar-refractivity contribution in [3.8, 4) is 11.6 Å². The fourth-order valence-corrected chi connectivity index (χ4v) is 2.24. The molecule has 0 saturated heterocycles. The van der Waals surface area contributed by atoms with Crippen LogP contribution in [0.5, 0.6) is 11.6 Å². The van der Waals surface area contributed by atoms with Crippen molar-refractivity contribution in [2.24, 2.45) is 5.73 Å². The molecule has 1 atom stereocenters. The van der Waals surface area contributed by atoms with Gasteiger partial charge in [-0.15, -0.1) is 24.8 Å². The second kappa shape index (κ2) is 11.9. The average molecular weight is 408 g/mol. The third-order valence-electron chi connectivity index (χ3n) is 3.01. The van der Waals surface area contributed by atoms with Crippen LogP contribution in [0.25, 0.3) is 0 Å². The molecule has 0 bridgehead atoms. The first kappa shape index (κ1) is 23.5. The summed E-state index contributed by atoms with van der Waals surface area (Å²) in [4.78, 5) is 16.0. The maximum atomic E-state index is 12.8. The summed E-state index contributed by atoms with van der Waals surface area (Å²) in [5.41, 5.74) is 6.34. The predicted molar refractivity (Wildman–Crippen MR) is 105 cm³/mol. The number of carbonyl (C=O) groups excluding carboxylic acids is 1. The Morgan fingerprint density at radius 1 is 1.28 bits per heavy atom. The smallest absolute Gasteiger partial charge is 0.241 e. The number of benzene rings is 1. The Balaban J connectivity index is 0.00000288. The number of nitrogens with one attached hydrogen (secondary N) is 1. The van der Waals surface area contributed by atoms with Crippen LogP contribution < -0.4 is 15.8 Å². The molecular weight excluding hydrogens is 388 g/mol. The number of anilines is 1. The van der Waals surface area contributed by atoms with Gasteiger partial charge in [0, 0.05) is 6.07 Å². The molecule has 5 nitrogen and oxygen atoms in total. The molecule has 0 radical (unpaired) electrons. The number of nitrogens with zero attached hydrogens (tertiary/aromatic N) is 1. The van der Waals surface area contributed by atoms with E-state index in [0.29, 0.717) is 23.7 Å². The maximum absolute atomic E-state index is 12.8. The summed E-state index contributed by atoms with van der Waals surface area (Å²) in [6.07, 6.45) is 4.07. The molecule has 0 aliphatic rings. The van der Waals surface area contributed by atoms with Crippen LogP contribution in [0.15, 0.2) is 42.6 Å². The van der Waals surface area contributed by atoms with Gasteiger partial charge in [0.05, 0.1) is 17.9 Å². The molecule has 3 N–H and O–H groups in total. The lowest BCUT2D eigenvalue weighted by Gasteiger charge is -2.11. The Hall–Kier alpha value is -1.54. The van der Waals surface area contributed by atoms with E-state index >= 15 is 0 Å². The van der Waals surface area contributed by atoms with Gasteiger partial charge in [-0.1, -0.05) is 0 Å². The van der Waals surface area contributed by atoms with Crippen LogP contribution in [-0.4, -0.2) is 28.9 Å². The minimum Gasteiger partial charge on any atom is -0.439 e. The van der Waals surface area contributed by atoms with Crippen molar-refractivity contribution in [2.45, 2.75) is 12.5 Å². The highest BCUT2D eigenvalue weighted by Gasteiger charge is 2.13. The fourth-order valence-electron chi connectivity index (χ4n) is 1.75. The van der Waals surface area contributed by atoms with Gasteiger partial charge in [0.1, 0.15) is 11.6 Å². The SMILES string of the molecule is CSCC[C@H](N)C(=O)Nc1ccc(Oc2ccc(F)cc2)nc1.Cl.Cl. The quantitative estimate of drug-likeness (QED) is 0.727. The molecule has 138 valence electrons. The minimum absolute atomic E-state index is 0. The van der Waals surface area contributed by atoms with Gasteiger partial charge in [0.15, 0.2) is 0 Å². The van der Waals surface area contributed by atoms with Crippen LogP contribution in [0.2, 0.25) is 0 Å². The number of pyridine rings is 1. The standard InChI is InChI=1S/C16H18FN3O2S.2ClH/c1-23-9-8-14(18)16(21)20-12-4-7-15(19-10-12)22-13-5-2-11(17)3-6-13;;/h2-7,10,14H,8-9,18H2,1H3,(H,20,21);2*1H/t14-;;/m0../s1. The number of halogens is 3. The van der Waals surface area contributed by atoms with Crippen LogP contribution in [0.1, 0.15) is 6.42 Å². The van der Waals surface area contributed by atoms with Crippen molar-refractivity contribution < 1.29 is 13.9 Å². The van der Waals surface area contributed by atoms with Crippen LogP contribution in [0.3, 0.4) is 0 Å². The highest BCUT2D eigenvalue weighted by Crippen LogP contribution is 2.20. The molecule has 0 saturated carbocycles. The molecule has 1 aromatic carbocycles. The number of hydrogen-bond acceptors (Lipinski definition) is 5. The number of carbonyl (C=O) groups is 1. The molecule has 0 unspecified atom stereocenters. The molecule has 2 aromatic rings. The molecule has 9 heteroatoms. The Bertz CT molecular complexity index is 645.